The highest BCUT2D eigenvalue weighted by Crippen LogP contribution is 2.08. The number of hydrogen-bond donors (Lipinski definition) is 0. The van der Waals surface area contributed by atoms with Crippen molar-refractivity contribution in [2.24, 2.45) is 0 Å². The highest BCUT2D eigenvalue weighted by Gasteiger charge is 2.02. The van der Waals surface area contributed by atoms with Crippen LogP contribution in [0, 0.1) is 6.92 Å². The molecule has 3 nitrogen and oxygen atoms in total. The molecule has 0 aliphatic rings. The predicted octanol–water partition coefficient (Wildman–Crippen LogP) is 1.80. The second-order valence-corrected chi connectivity index (χ2v) is 3.45. The second kappa shape index (κ2) is 4.21. The minimum atomic E-state index is 0.809. The summed E-state index contributed by atoms with van der Waals surface area (Å²) >= 11 is 0. The number of aryl methyl sites for hydroxylation is 2. The maximum Gasteiger partial charge on any atom is 0.225 e. The molecule has 0 fully saturated rings. The van der Waals surface area contributed by atoms with E-state index in [1.165, 1.54) is 0 Å². The summed E-state index contributed by atoms with van der Waals surface area (Å²) in [5.74, 6) is 0.809. The largest absolute Gasteiger partial charge is 0.347 e. The van der Waals surface area contributed by atoms with Gasteiger partial charge < -0.3 is 4.90 Å². The third kappa shape index (κ3) is 2.68. The molecule has 0 aromatic carbocycles. The van der Waals surface area contributed by atoms with E-state index >= 15 is 0 Å². The van der Waals surface area contributed by atoms with Crippen LogP contribution in [0.4, 0.5) is 5.95 Å². The fourth-order valence-electron chi connectivity index (χ4n) is 1.20. The third-order valence-electron chi connectivity index (χ3n) is 1.80. The molecule has 0 aliphatic carbocycles. The van der Waals surface area contributed by atoms with Crippen LogP contribution < -0.4 is 4.90 Å². The Hall–Kier alpha value is -1.12. The SMILES string of the molecule is CCCc1cc(C)nc(N(C)C)n1. The van der Waals surface area contributed by atoms with Gasteiger partial charge in [0.15, 0.2) is 0 Å². The fraction of sp³-hybridized carbons (Fsp3) is 0.600. The molecule has 1 aromatic rings. The normalized spacial score (nSPS) is 10.2. The number of anilines is 1. The van der Waals surface area contributed by atoms with Gasteiger partial charge in [-0.15, -0.1) is 0 Å². The Balaban J connectivity index is 2.96. The topological polar surface area (TPSA) is 29.0 Å². The van der Waals surface area contributed by atoms with Crippen molar-refractivity contribution < 1.29 is 0 Å². The lowest BCUT2D eigenvalue weighted by molar-refractivity contribution is 0.852. The van der Waals surface area contributed by atoms with Crippen molar-refractivity contribution in [2.75, 3.05) is 19.0 Å². The molecule has 0 unspecified atom stereocenters. The molecule has 0 saturated carbocycles. The van der Waals surface area contributed by atoms with Gasteiger partial charge in [-0.1, -0.05) is 13.3 Å². The highest BCUT2D eigenvalue weighted by molar-refractivity contribution is 5.29. The van der Waals surface area contributed by atoms with Gasteiger partial charge in [-0.3, -0.25) is 0 Å². The van der Waals surface area contributed by atoms with E-state index in [4.69, 9.17) is 0 Å². The molecule has 72 valence electrons. The van der Waals surface area contributed by atoms with Crippen LogP contribution in [-0.2, 0) is 6.42 Å². The summed E-state index contributed by atoms with van der Waals surface area (Å²) in [5, 5.41) is 0. The summed E-state index contributed by atoms with van der Waals surface area (Å²) in [5.41, 5.74) is 2.18. The molecular formula is C10H17N3. The summed E-state index contributed by atoms with van der Waals surface area (Å²) in [6, 6.07) is 2.05. The lowest BCUT2D eigenvalue weighted by atomic mass is 10.2. The number of rotatable bonds is 3. The van der Waals surface area contributed by atoms with Gasteiger partial charge in [-0.05, 0) is 19.4 Å². The van der Waals surface area contributed by atoms with Crippen LogP contribution in [0.1, 0.15) is 24.7 Å². The van der Waals surface area contributed by atoms with Crippen molar-refractivity contribution in [1.82, 2.24) is 9.97 Å². The molecule has 0 radical (unpaired) electrons. The van der Waals surface area contributed by atoms with Crippen LogP contribution in [0.5, 0.6) is 0 Å². The first-order chi connectivity index (χ1) is 6.13. The Morgan fingerprint density at radius 2 is 2.00 bits per heavy atom. The maximum atomic E-state index is 4.44. The molecular weight excluding hydrogens is 162 g/mol. The minimum absolute atomic E-state index is 0.809. The molecule has 1 rings (SSSR count). The van der Waals surface area contributed by atoms with Crippen molar-refractivity contribution in [1.29, 1.82) is 0 Å². The van der Waals surface area contributed by atoms with Crippen LogP contribution in [0.25, 0.3) is 0 Å². The quantitative estimate of drug-likeness (QED) is 0.708. The van der Waals surface area contributed by atoms with Gasteiger partial charge in [-0.25, -0.2) is 9.97 Å². The van der Waals surface area contributed by atoms with E-state index in [1.54, 1.807) is 0 Å². The van der Waals surface area contributed by atoms with Crippen molar-refractivity contribution in [2.45, 2.75) is 26.7 Å². The highest BCUT2D eigenvalue weighted by atomic mass is 15.2. The Kier molecular flexibility index (Phi) is 3.23. The summed E-state index contributed by atoms with van der Waals surface area (Å²) in [6.45, 7) is 4.17. The monoisotopic (exact) mass is 179 g/mol. The molecule has 13 heavy (non-hydrogen) atoms. The van der Waals surface area contributed by atoms with E-state index in [-0.39, 0.29) is 0 Å². The molecule has 3 heteroatoms. The zero-order valence-corrected chi connectivity index (χ0v) is 8.83. The van der Waals surface area contributed by atoms with Crippen LogP contribution in [0.3, 0.4) is 0 Å². The van der Waals surface area contributed by atoms with Gasteiger partial charge in [0.1, 0.15) is 0 Å². The fourth-order valence-corrected chi connectivity index (χ4v) is 1.20. The Labute approximate surface area is 79.8 Å². The summed E-state index contributed by atoms with van der Waals surface area (Å²) in [7, 11) is 3.93. The smallest absolute Gasteiger partial charge is 0.225 e. The molecule has 0 aliphatic heterocycles. The first-order valence-corrected chi connectivity index (χ1v) is 4.65. The Morgan fingerprint density at radius 1 is 1.31 bits per heavy atom. The molecule has 0 saturated heterocycles. The van der Waals surface area contributed by atoms with E-state index in [2.05, 4.69) is 23.0 Å². The molecule has 0 spiro atoms. The van der Waals surface area contributed by atoms with Gasteiger partial charge in [0.25, 0.3) is 0 Å². The number of aromatic nitrogens is 2. The van der Waals surface area contributed by atoms with Crippen molar-refractivity contribution in [3.8, 4) is 0 Å². The van der Waals surface area contributed by atoms with E-state index in [0.717, 1.165) is 30.2 Å². The molecule has 1 heterocycles. The molecule has 0 bridgehead atoms. The standard InChI is InChI=1S/C10H17N3/c1-5-6-9-7-8(2)11-10(12-9)13(3)4/h7H,5-6H2,1-4H3. The average molecular weight is 179 g/mol. The van der Waals surface area contributed by atoms with Gasteiger partial charge >= 0.3 is 0 Å². The molecule has 1 aromatic heterocycles. The summed E-state index contributed by atoms with van der Waals surface area (Å²) < 4.78 is 0. The first-order valence-electron chi connectivity index (χ1n) is 4.65. The maximum absolute atomic E-state index is 4.44. The molecule has 0 amide bonds. The number of hydrogen-bond acceptors (Lipinski definition) is 3. The first kappa shape index (κ1) is 9.96. The van der Waals surface area contributed by atoms with Crippen LogP contribution in [-0.4, -0.2) is 24.1 Å². The minimum Gasteiger partial charge on any atom is -0.347 e. The summed E-state index contributed by atoms with van der Waals surface area (Å²) in [4.78, 5) is 10.7. The predicted molar refractivity (Wildman–Crippen MR) is 55.1 cm³/mol. The van der Waals surface area contributed by atoms with E-state index in [9.17, 15) is 0 Å². The van der Waals surface area contributed by atoms with Gasteiger partial charge in [-0.2, -0.15) is 0 Å². The third-order valence-corrected chi connectivity index (χ3v) is 1.80. The zero-order valence-electron chi connectivity index (χ0n) is 8.83. The lowest BCUT2D eigenvalue weighted by Crippen LogP contribution is -2.14. The van der Waals surface area contributed by atoms with E-state index in [1.807, 2.05) is 25.9 Å². The van der Waals surface area contributed by atoms with Crippen molar-refractivity contribution in [3.63, 3.8) is 0 Å². The van der Waals surface area contributed by atoms with Gasteiger partial charge in [0, 0.05) is 25.5 Å². The second-order valence-electron chi connectivity index (χ2n) is 3.45. The van der Waals surface area contributed by atoms with Gasteiger partial charge in [0.05, 0.1) is 0 Å². The Morgan fingerprint density at radius 3 is 2.54 bits per heavy atom. The lowest BCUT2D eigenvalue weighted by Gasteiger charge is -2.11. The number of nitrogens with zero attached hydrogens (tertiary/aromatic N) is 3. The molecule has 0 atom stereocenters. The van der Waals surface area contributed by atoms with Crippen LogP contribution in [0.2, 0.25) is 0 Å². The average Bonchev–Trinajstić information content (AvgIpc) is 2.03. The zero-order chi connectivity index (χ0) is 9.84. The van der Waals surface area contributed by atoms with Crippen molar-refractivity contribution >= 4 is 5.95 Å². The molecule has 0 N–H and O–H groups in total. The van der Waals surface area contributed by atoms with Crippen molar-refractivity contribution in [3.05, 3.63) is 17.5 Å². The van der Waals surface area contributed by atoms with Gasteiger partial charge in [0.2, 0.25) is 5.95 Å². The van der Waals surface area contributed by atoms with Crippen LogP contribution in [0.15, 0.2) is 6.07 Å². The van der Waals surface area contributed by atoms with E-state index in [0.29, 0.717) is 0 Å². The Bertz CT molecular complexity index is 281. The van der Waals surface area contributed by atoms with E-state index < -0.39 is 0 Å². The van der Waals surface area contributed by atoms with Crippen LogP contribution >= 0.6 is 0 Å². The summed E-state index contributed by atoms with van der Waals surface area (Å²) in [6.07, 6.45) is 2.16.